The first-order valence-electron chi connectivity index (χ1n) is 15.2. The topological polar surface area (TPSA) is 0 Å². The Kier molecular flexibility index (Phi) is 10.5. The fraction of sp³-hybridized carbons (Fsp3) is 0.359. The normalized spacial score (nSPS) is 15.1. The number of unbranched alkanes of at least 4 members (excludes halogenated alkanes) is 2. The van der Waals surface area contributed by atoms with E-state index in [4.69, 9.17) is 4.21 Å². The summed E-state index contributed by atoms with van der Waals surface area (Å²) in [7, 11) is 0. The first-order valence-corrected chi connectivity index (χ1v) is 22.8. The van der Waals surface area contributed by atoms with E-state index in [0.717, 1.165) is 6.42 Å². The van der Waals surface area contributed by atoms with Gasteiger partial charge in [-0.25, -0.2) is 0 Å². The molecule has 224 valence electrons. The van der Waals surface area contributed by atoms with Crippen molar-refractivity contribution in [2.24, 2.45) is 0 Å². The van der Waals surface area contributed by atoms with E-state index in [1.54, 1.807) is 0 Å². The third kappa shape index (κ3) is 5.84. The monoisotopic (exact) mass is 678 g/mol. The first kappa shape index (κ1) is 34.7. The summed E-state index contributed by atoms with van der Waals surface area (Å²) in [5, 5.41) is 0. The van der Waals surface area contributed by atoms with Crippen molar-refractivity contribution in [1.82, 2.24) is 0 Å². The molecule has 0 unspecified atom stereocenters. The Labute approximate surface area is 268 Å². The molecular weight excluding hydrogens is 631 g/mol. The van der Waals surface area contributed by atoms with Crippen molar-refractivity contribution in [3.05, 3.63) is 126 Å². The Morgan fingerprint density at radius 1 is 0.714 bits per heavy atom. The number of rotatable bonds is 8. The zero-order valence-electron chi connectivity index (χ0n) is 26.5. The molecule has 5 rings (SSSR count). The van der Waals surface area contributed by atoms with Gasteiger partial charge in [0.15, 0.2) is 0 Å². The second kappa shape index (κ2) is 12.7. The van der Waals surface area contributed by atoms with Crippen LogP contribution in [0.15, 0.2) is 104 Å². The number of fused-ring (bicyclic) bond motifs is 3. The molecule has 3 heteroatoms. The van der Waals surface area contributed by atoms with Crippen molar-refractivity contribution in [2.75, 3.05) is 0 Å². The summed E-state index contributed by atoms with van der Waals surface area (Å²) in [6.45, 7) is 18.1. The summed E-state index contributed by atoms with van der Waals surface area (Å²) >= 11 is -4.31. The zero-order valence-corrected chi connectivity index (χ0v) is 30.5. The summed E-state index contributed by atoms with van der Waals surface area (Å²) in [5.74, 6) is 0. The van der Waals surface area contributed by atoms with Crippen molar-refractivity contribution >= 4 is 32.3 Å². The summed E-state index contributed by atoms with van der Waals surface area (Å²) in [4.78, 5) is 0. The van der Waals surface area contributed by atoms with Crippen LogP contribution in [0.1, 0.15) is 86.7 Å². The average molecular weight is 681 g/mol. The van der Waals surface area contributed by atoms with Crippen LogP contribution < -0.4 is 3.27 Å². The van der Waals surface area contributed by atoms with Gasteiger partial charge in [-0.05, 0) is 0 Å². The molecule has 0 heterocycles. The molecule has 3 aromatic carbocycles. The Morgan fingerprint density at radius 2 is 1.21 bits per heavy atom. The SMILES string of the molecule is C=CCCC[CH2][Zr](=[CH2])([c]1ccccc1)([CH]1C=CC=C1)[CH]1c2cc(C(C)(C)C)ccc2-c2ccc(C(C)(C)C)cc21.Cl.Cl. The van der Waals surface area contributed by atoms with E-state index in [-0.39, 0.29) is 35.6 Å². The van der Waals surface area contributed by atoms with Crippen LogP contribution in [0, 0.1) is 0 Å². The third-order valence-corrected chi connectivity index (χ3v) is 28.3. The van der Waals surface area contributed by atoms with Crippen molar-refractivity contribution in [3.8, 4) is 11.1 Å². The fourth-order valence-electron chi connectivity index (χ4n) is 7.58. The first-order chi connectivity index (χ1) is 18.9. The van der Waals surface area contributed by atoms with E-state index >= 15 is 0 Å². The molecule has 0 saturated heterocycles. The third-order valence-electron chi connectivity index (χ3n) is 9.99. The van der Waals surface area contributed by atoms with Crippen molar-refractivity contribution in [3.63, 3.8) is 0 Å². The molecule has 0 fully saturated rings. The van der Waals surface area contributed by atoms with Gasteiger partial charge in [0.2, 0.25) is 0 Å². The standard InChI is InChI=1S/C21H25.C6H5.C6H11.C5H5.CH2.2ClH.Zr/c1-20(2,3)16-7-9-18-14(12-16)11-15-13-17(21(4,5)6)8-10-19(15)18;1-2-4-6-5-3-1;1-3-5-6-4-2;1-2-4-5-3-1;;;;/h7-13H,1-6H3;1-5H;3H,1-2,4-6H2;1-5H;1H2;2*1H;. The van der Waals surface area contributed by atoms with Gasteiger partial charge in [0, 0.05) is 0 Å². The van der Waals surface area contributed by atoms with E-state index in [1.807, 2.05) is 0 Å². The van der Waals surface area contributed by atoms with Crippen LogP contribution in [0.2, 0.25) is 7.75 Å². The minimum atomic E-state index is -4.31. The average Bonchev–Trinajstić information content (AvgIpc) is 3.58. The van der Waals surface area contributed by atoms with Crippen LogP contribution in [0.25, 0.3) is 11.1 Å². The van der Waals surface area contributed by atoms with Gasteiger partial charge in [0.25, 0.3) is 0 Å². The minimum Gasteiger partial charge on any atom is -0.147 e. The molecular formula is C39H50Cl2Zr. The summed E-state index contributed by atoms with van der Waals surface area (Å²) in [6, 6.07) is 26.3. The van der Waals surface area contributed by atoms with Crippen LogP contribution in [-0.4, -0.2) is 4.21 Å². The number of allylic oxidation sites excluding steroid dienone is 5. The maximum Gasteiger partial charge on any atom is -0.147 e. The molecule has 0 aromatic heterocycles. The molecule has 0 aliphatic heterocycles. The number of hydrogen-bond acceptors (Lipinski definition) is 0. The van der Waals surface area contributed by atoms with Gasteiger partial charge in [-0.2, -0.15) is 0 Å². The van der Waals surface area contributed by atoms with E-state index < -0.39 is 18.3 Å². The second-order valence-electron chi connectivity index (χ2n) is 14.6. The van der Waals surface area contributed by atoms with Gasteiger partial charge < -0.3 is 0 Å². The van der Waals surface area contributed by atoms with Crippen LogP contribution in [0.5, 0.6) is 0 Å². The van der Waals surface area contributed by atoms with Gasteiger partial charge in [0.05, 0.1) is 0 Å². The molecule has 2 aliphatic carbocycles. The number of hydrogen-bond donors (Lipinski definition) is 0. The number of halogens is 2. The van der Waals surface area contributed by atoms with Gasteiger partial charge in [-0.15, -0.1) is 24.8 Å². The van der Waals surface area contributed by atoms with E-state index in [2.05, 4.69) is 145 Å². The number of benzene rings is 3. The molecule has 0 saturated carbocycles. The molecule has 0 radical (unpaired) electrons. The largest absolute Gasteiger partial charge is 0.147 e. The van der Waals surface area contributed by atoms with Gasteiger partial charge in [0.1, 0.15) is 0 Å². The molecule has 0 nitrogen and oxygen atoms in total. The minimum absolute atomic E-state index is 0. The Balaban J connectivity index is 0.00000242. The molecule has 0 amide bonds. The molecule has 2 aliphatic rings. The second-order valence-corrected chi connectivity index (χ2v) is 29.5. The smallest absolute Gasteiger partial charge is 0.147 e. The van der Waals surface area contributed by atoms with Crippen molar-refractivity contribution < 1.29 is 18.3 Å². The maximum absolute atomic E-state index is 5.70. The van der Waals surface area contributed by atoms with Gasteiger partial charge in [-0.3, -0.25) is 0 Å². The fourth-order valence-corrected chi connectivity index (χ4v) is 25.7. The van der Waals surface area contributed by atoms with Crippen LogP contribution in [0.4, 0.5) is 0 Å². The molecule has 3 aromatic rings. The quantitative estimate of drug-likeness (QED) is 0.164. The Hall–Kier alpha value is -1.79. The molecule has 0 N–H and O–H groups in total. The van der Waals surface area contributed by atoms with Crippen LogP contribution in [-0.2, 0) is 29.1 Å². The maximum atomic E-state index is 5.70. The van der Waals surface area contributed by atoms with E-state index in [0.29, 0.717) is 7.25 Å². The summed E-state index contributed by atoms with van der Waals surface area (Å²) in [5.41, 5.74) is 8.89. The Bertz CT molecular complexity index is 1470. The van der Waals surface area contributed by atoms with E-state index in [1.165, 1.54) is 53.6 Å². The van der Waals surface area contributed by atoms with Crippen LogP contribution in [0.3, 0.4) is 0 Å². The molecule has 0 spiro atoms. The molecule has 42 heavy (non-hydrogen) atoms. The van der Waals surface area contributed by atoms with Crippen molar-refractivity contribution in [1.29, 1.82) is 0 Å². The van der Waals surface area contributed by atoms with Gasteiger partial charge >= 0.3 is 246 Å². The summed E-state index contributed by atoms with van der Waals surface area (Å²) < 4.78 is 9.13. The summed E-state index contributed by atoms with van der Waals surface area (Å²) in [6.07, 6.45) is 15.1. The predicted molar refractivity (Wildman–Crippen MR) is 190 cm³/mol. The Morgan fingerprint density at radius 3 is 1.67 bits per heavy atom. The van der Waals surface area contributed by atoms with Gasteiger partial charge in [-0.1, -0.05) is 0 Å². The molecule has 0 bridgehead atoms. The predicted octanol–water partition coefficient (Wildman–Crippen LogP) is 11.3. The van der Waals surface area contributed by atoms with Crippen molar-refractivity contribution in [2.45, 2.75) is 83.0 Å². The van der Waals surface area contributed by atoms with E-state index in [9.17, 15) is 0 Å². The molecule has 0 atom stereocenters. The van der Waals surface area contributed by atoms with Crippen LogP contribution >= 0.6 is 24.8 Å². The zero-order chi connectivity index (χ0) is 28.8.